The number of hydrogen-bond acceptors (Lipinski definition) is 3. The number of nitrogens with two attached hydrogens (primary N) is 1. The minimum atomic E-state index is -0.861. The molecule has 0 saturated heterocycles. The Hall–Kier alpha value is -1.62. The smallest absolute Gasteiger partial charge is 0.220 e. The highest BCUT2D eigenvalue weighted by Crippen LogP contribution is 2.21. The van der Waals surface area contributed by atoms with E-state index in [2.05, 4.69) is 0 Å². The van der Waals surface area contributed by atoms with Crippen molar-refractivity contribution in [2.75, 3.05) is 6.61 Å². The van der Waals surface area contributed by atoms with Crippen LogP contribution in [-0.4, -0.2) is 17.6 Å². The minimum absolute atomic E-state index is 0.0831. The number of carbonyl (C=O) groups is 1. The van der Waals surface area contributed by atoms with Crippen molar-refractivity contribution in [2.24, 2.45) is 5.73 Å². The molecule has 16 heavy (non-hydrogen) atoms. The van der Waals surface area contributed by atoms with Crippen LogP contribution in [0.4, 0.5) is 4.39 Å². The first-order valence-electron chi connectivity index (χ1n) is 4.89. The molecule has 0 fully saturated rings. The van der Waals surface area contributed by atoms with E-state index >= 15 is 0 Å². The van der Waals surface area contributed by atoms with Gasteiger partial charge in [0.2, 0.25) is 5.91 Å². The van der Waals surface area contributed by atoms with Crippen molar-refractivity contribution < 1.29 is 19.0 Å². The van der Waals surface area contributed by atoms with Gasteiger partial charge in [-0.05, 0) is 19.1 Å². The molecule has 0 aromatic heterocycles. The van der Waals surface area contributed by atoms with Crippen molar-refractivity contribution in [3.8, 4) is 5.75 Å². The average Bonchev–Trinajstić information content (AvgIpc) is 2.16. The molecule has 0 heterocycles. The maximum absolute atomic E-state index is 13.4. The van der Waals surface area contributed by atoms with Gasteiger partial charge in [0, 0.05) is 11.6 Å². The summed E-state index contributed by atoms with van der Waals surface area (Å²) in [6.45, 7) is 1.59. The fourth-order valence-electron chi connectivity index (χ4n) is 1.21. The molecule has 1 amide bonds. The van der Waals surface area contributed by atoms with Crippen molar-refractivity contribution in [2.45, 2.75) is 19.4 Å². The second-order valence-corrected chi connectivity index (χ2v) is 3.42. The molecular formula is C11H14FNO3. The summed E-state index contributed by atoms with van der Waals surface area (Å²) in [4.78, 5) is 10.4. The largest absolute Gasteiger partial charge is 0.493 e. The number of aliphatic hydroxyl groups excluding tert-OH is 1. The molecule has 0 saturated carbocycles. The summed E-state index contributed by atoms with van der Waals surface area (Å²) < 4.78 is 18.5. The summed E-state index contributed by atoms with van der Waals surface area (Å²) in [6, 6.07) is 4.15. The molecule has 0 aliphatic rings. The first kappa shape index (κ1) is 12.4. The van der Waals surface area contributed by atoms with Crippen molar-refractivity contribution in [3.63, 3.8) is 0 Å². The predicted molar refractivity (Wildman–Crippen MR) is 56.3 cm³/mol. The second kappa shape index (κ2) is 5.46. The molecule has 1 rings (SSSR count). The lowest BCUT2D eigenvalue weighted by Gasteiger charge is -2.09. The monoisotopic (exact) mass is 227 g/mol. The standard InChI is InChI=1S/C11H14FNO3/c1-7(14)9-3-2-8(6-10(9)12)16-5-4-11(13)15/h2-3,6-7,14H,4-5H2,1H3,(H2,13,15). The molecule has 1 aromatic rings. The summed E-state index contributed by atoms with van der Waals surface area (Å²) in [6.07, 6.45) is -0.778. The Labute approximate surface area is 92.8 Å². The zero-order chi connectivity index (χ0) is 12.1. The van der Waals surface area contributed by atoms with Crippen LogP contribution in [0.5, 0.6) is 5.75 Å². The Kier molecular flexibility index (Phi) is 4.25. The number of benzene rings is 1. The molecule has 1 aromatic carbocycles. The van der Waals surface area contributed by atoms with E-state index in [-0.39, 0.29) is 18.6 Å². The predicted octanol–water partition coefficient (Wildman–Crippen LogP) is 1.13. The number of amides is 1. The van der Waals surface area contributed by atoms with Crippen LogP contribution >= 0.6 is 0 Å². The Morgan fingerprint density at radius 3 is 2.81 bits per heavy atom. The number of halogens is 1. The van der Waals surface area contributed by atoms with Crippen LogP contribution < -0.4 is 10.5 Å². The highest BCUT2D eigenvalue weighted by molar-refractivity contribution is 5.73. The fourth-order valence-corrected chi connectivity index (χ4v) is 1.21. The summed E-state index contributed by atoms with van der Waals surface area (Å²) in [7, 11) is 0. The van der Waals surface area contributed by atoms with Gasteiger partial charge < -0.3 is 15.6 Å². The lowest BCUT2D eigenvalue weighted by Crippen LogP contribution is -2.14. The maximum Gasteiger partial charge on any atom is 0.220 e. The first-order valence-corrected chi connectivity index (χ1v) is 4.89. The van der Waals surface area contributed by atoms with E-state index in [1.807, 2.05) is 0 Å². The summed E-state index contributed by atoms with van der Waals surface area (Å²) >= 11 is 0. The quantitative estimate of drug-likeness (QED) is 0.792. The van der Waals surface area contributed by atoms with Crippen LogP contribution in [0.25, 0.3) is 0 Å². The lowest BCUT2D eigenvalue weighted by molar-refractivity contribution is -0.118. The van der Waals surface area contributed by atoms with Gasteiger partial charge in [-0.25, -0.2) is 4.39 Å². The third-order valence-electron chi connectivity index (χ3n) is 2.04. The van der Waals surface area contributed by atoms with Crippen LogP contribution in [-0.2, 0) is 4.79 Å². The van der Waals surface area contributed by atoms with E-state index < -0.39 is 17.8 Å². The molecule has 88 valence electrons. The van der Waals surface area contributed by atoms with Gasteiger partial charge in [0.05, 0.1) is 19.1 Å². The van der Waals surface area contributed by atoms with E-state index in [4.69, 9.17) is 10.5 Å². The van der Waals surface area contributed by atoms with E-state index in [1.54, 1.807) is 0 Å². The van der Waals surface area contributed by atoms with Gasteiger partial charge in [0.15, 0.2) is 0 Å². The summed E-state index contributed by atoms with van der Waals surface area (Å²) in [5.41, 5.74) is 5.13. The number of rotatable bonds is 5. The van der Waals surface area contributed by atoms with Gasteiger partial charge in [-0.15, -0.1) is 0 Å². The van der Waals surface area contributed by atoms with Crippen LogP contribution in [0.2, 0.25) is 0 Å². The number of ether oxygens (including phenoxy) is 1. The van der Waals surface area contributed by atoms with E-state index in [0.717, 1.165) is 0 Å². The molecule has 0 radical (unpaired) electrons. The van der Waals surface area contributed by atoms with Crippen LogP contribution in [0.15, 0.2) is 18.2 Å². The Morgan fingerprint density at radius 2 is 2.31 bits per heavy atom. The van der Waals surface area contributed by atoms with E-state index in [0.29, 0.717) is 5.75 Å². The van der Waals surface area contributed by atoms with Crippen LogP contribution in [0, 0.1) is 5.82 Å². The molecule has 5 heteroatoms. The summed E-state index contributed by atoms with van der Waals surface area (Å²) in [5.74, 6) is -0.698. The Bertz CT molecular complexity index is 379. The molecule has 0 bridgehead atoms. The van der Waals surface area contributed by atoms with Crippen molar-refractivity contribution in [1.29, 1.82) is 0 Å². The third-order valence-corrected chi connectivity index (χ3v) is 2.04. The molecular weight excluding hydrogens is 213 g/mol. The second-order valence-electron chi connectivity index (χ2n) is 3.42. The normalized spacial score (nSPS) is 12.2. The van der Waals surface area contributed by atoms with Gasteiger partial charge in [-0.1, -0.05) is 0 Å². The van der Waals surface area contributed by atoms with E-state index in [1.165, 1.54) is 25.1 Å². The minimum Gasteiger partial charge on any atom is -0.493 e. The number of aliphatic hydroxyl groups is 1. The van der Waals surface area contributed by atoms with Crippen molar-refractivity contribution >= 4 is 5.91 Å². The molecule has 1 atom stereocenters. The van der Waals surface area contributed by atoms with Gasteiger partial charge in [-0.3, -0.25) is 4.79 Å². The molecule has 0 aliphatic heterocycles. The summed E-state index contributed by atoms with van der Waals surface area (Å²) in [5, 5.41) is 9.20. The van der Waals surface area contributed by atoms with Crippen molar-refractivity contribution in [1.82, 2.24) is 0 Å². The number of primary amides is 1. The van der Waals surface area contributed by atoms with Gasteiger partial charge in [-0.2, -0.15) is 0 Å². The number of hydrogen-bond donors (Lipinski definition) is 2. The van der Waals surface area contributed by atoms with Crippen LogP contribution in [0.3, 0.4) is 0 Å². The first-order chi connectivity index (χ1) is 7.50. The average molecular weight is 227 g/mol. The maximum atomic E-state index is 13.4. The Morgan fingerprint density at radius 1 is 1.62 bits per heavy atom. The van der Waals surface area contributed by atoms with Crippen molar-refractivity contribution in [3.05, 3.63) is 29.6 Å². The fraction of sp³-hybridized carbons (Fsp3) is 0.364. The zero-order valence-electron chi connectivity index (χ0n) is 8.94. The van der Waals surface area contributed by atoms with E-state index in [9.17, 15) is 14.3 Å². The molecule has 0 spiro atoms. The molecule has 1 unspecified atom stereocenters. The highest BCUT2D eigenvalue weighted by Gasteiger charge is 2.09. The molecule has 0 aliphatic carbocycles. The zero-order valence-corrected chi connectivity index (χ0v) is 8.94. The van der Waals surface area contributed by atoms with Crippen LogP contribution in [0.1, 0.15) is 25.0 Å². The molecule has 3 N–H and O–H groups in total. The topological polar surface area (TPSA) is 72.6 Å². The Balaban J connectivity index is 2.63. The third kappa shape index (κ3) is 3.51. The lowest BCUT2D eigenvalue weighted by atomic mass is 10.1. The highest BCUT2D eigenvalue weighted by atomic mass is 19.1. The van der Waals surface area contributed by atoms with Gasteiger partial charge in [0.25, 0.3) is 0 Å². The molecule has 4 nitrogen and oxygen atoms in total. The number of carbonyl (C=O) groups excluding carboxylic acids is 1. The SMILES string of the molecule is CC(O)c1ccc(OCCC(N)=O)cc1F. The van der Waals surface area contributed by atoms with Gasteiger partial charge >= 0.3 is 0 Å². The van der Waals surface area contributed by atoms with Gasteiger partial charge in [0.1, 0.15) is 11.6 Å².